The summed E-state index contributed by atoms with van der Waals surface area (Å²) in [5.41, 5.74) is 5.21. The third-order valence-electron chi connectivity index (χ3n) is 6.91. The van der Waals surface area contributed by atoms with Crippen molar-refractivity contribution in [2.75, 3.05) is 7.11 Å². The first kappa shape index (κ1) is 35.7. The number of nitrogens with zero attached hydrogens (tertiary/aromatic N) is 1. The maximum atomic E-state index is 14.8. The number of aryl methyl sites for hydroxylation is 1. The van der Waals surface area contributed by atoms with Gasteiger partial charge in [0.25, 0.3) is 0 Å². The van der Waals surface area contributed by atoms with Gasteiger partial charge in [-0.05, 0) is 59.1 Å². The zero-order valence-electron chi connectivity index (χ0n) is 26.3. The van der Waals surface area contributed by atoms with E-state index in [-0.39, 0.29) is 41.7 Å². The van der Waals surface area contributed by atoms with Crippen molar-refractivity contribution in [2.24, 2.45) is 5.92 Å². The van der Waals surface area contributed by atoms with Crippen molar-refractivity contribution in [3.63, 3.8) is 0 Å². The van der Waals surface area contributed by atoms with Crippen molar-refractivity contribution in [1.82, 2.24) is 10.3 Å². The Balaban J connectivity index is 0.000000946. The zero-order valence-corrected chi connectivity index (χ0v) is 28.3. The molecular weight excluding hydrogens is 542 g/mol. The van der Waals surface area contributed by atoms with Gasteiger partial charge in [-0.1, -0.05) is 84.2 Å². The second-order valence-electron chi connectivity index (χ2n) is 10.7. The fourth-order valence-corrected chi connectivity index (χ4v) is 4.49. The normalized spacial score (nSPS) is 15.4. The number of hydrogen-bond donors (Lipinski definition) is 1. The molecule has 0 radical (unpaired) electrons. The van der Waals surface area contributed by atoms with E-state index in [1.54, 1.807) is 13.0 Å². The molecule has 1 fully saturated rings. The molecular formula is C34H44FN2NaO4. The zero-order chi connectivity index (χ0) is 29.9. The number of methoxy groups -OCH3 is 1. The molecule has 2 aromatic carbocycles. The van der Waals surface area contributed by atoms with E-state index in [1.807, 2.05) is 44.2 Å². The molecule has 0 amide bonds. The molecule has 0 spiro atoms. The van der Waals surface area contributed by atoms with E-state index < -0.39 is 17.7 Å². The van der Waals surface area contributed by atoms with Crippen LogP contribution >= 0.6 is 0 Å². The number of fused-ring (bicyclic) bond motifs is 1. The number of carboxylic acid groups (broad SMARTS) is 1. The minimum atomic E-state index is -1.06. The Morgan fingerprint density at radius 2 is 1.81 bits per heavy atom. The standard InChI is InChI=1S/C29H33FN2O4.C3H6.C2H6.Na/c1-17(2)31-15-22-13-21(7-9-23(22)24-14-28(35-4)32-16-25(24)30)26-10-8-20-6-5-19(12-27(20)36-26)11-18(3)29(33)34;1-2-3-1;1-2;/h5-7,9,12-14,16-18,26,31H,8,10-11,15H2,1-4H3,(H,33,34);1-3H2;1-2H3;/q;;;+1/p-1/t18?,26-;;;/m0.../s1. The van der Waals surface area contributed by atoms with Crippen LogP contribution in [0.2, 0.25) is 0 Å². The summed E-state index contributed by atoms with van der Waals surface area (Å²) in [6, 6.07) is 13.8. The van der Waals surface area contributed by atoms with Gasteiger partial charge in [-0.25, -0.2) is 9.37 Å². The average molecular weight is 587 g/mol. The second kappa shape index (κ2) is 17.6. The van der Waals surface area contributed by atoms with Gasteiger partial charge in [0.2, 0.25) is 5.88 Å². The minimum Gasteiger partial charge on any atom is -0.550 e. The van der Waals surface area contributed by atoms with Crippen LogP contribution in [0.5, 0.6) is 11.6 Å². The molecule has 1 aromatic heterocycles. The van der Waals surface area contributed by atoms with E-state index in [0.29, 0.717) is 24.4 Å². The Morgan fingerprint density at radius 3 is 2.43 bits per heavy atom. The van der Waals surface area contributed by atoms with Crippen LogP contribution in [0.1, 0.15) is 88.7 Å². The van der Waals surface area contributed by atoms with Crippen LogP contribution in [0.4, 0.5) is 4.39 Å². The third-order valence-corrected chi connectivity index (χ3v) is 6.91. The van der Waals surface area contributed by atoms with Crippen LogP contribution in [-0.2, 0) is 24.2 Å². The van der Waals surface area contributed by atoms with E-state index in [9.17, 15) is 14.3 Å². The van der Waals surface area contributed by atoms with Crippen LogP contribution in [0.25, 0.3) is 11.1 Å². The molecule has 1 N–H and O–H groups in total. The van der Waals surface area contributed by atoms with Crippen LogP contribution in [0, 0.1) is 11.7 Å². The molecule has 1 aliphatic heterocycles. The summed E-state index contributed by atoms with van der Waals surface area (Å²) in [7, 11) is 1.51. The first-order valence-corrected chi connectivity index (χ1v) is 14.8. The summed E-state index contributed by atoms with van der Waals surface area (Å²) in [4.78, 5) is 15.1. The molecule has 3 aromatic rings. The van der Waals surface area contributed by atoms with Gasteiger partial charge in [0.15, 0.2) is 0 Å². The number of rotatable bonds is 9. The molecule has 222 valence electrons. The molecule has 6 nitrogen and oxygen atoms in total. The van der Waals surface area contributed by atoms with Gasteiger partial charge in [-0.15, -0.1) is 0 Å². The molecule has 1 unspecified atom stereocenters. The summed E-state index contributed by atoms with van der Waals surface area (Å²) in [6.45, 7) is 10.4. The van der Waals surface area contributed by atoms with Gasteiger partial charge in [0, 0.05) is 30.2 Å². The van der Waals surface area contributed by atoms with Gasteiger partial charge in [0.05, 0.1) is 13.3 Å². The Morgan fingerprint density at radius 1 is 1.10 bits per heavy atom. The van der Waals surface area contributed by atoms with Gasteiger partial charge < -0.3 is 24.7 Å². The molecule has 2 aliphatic rings. The summed E-state index contributed by atoms with van der Waals surface area (Å²) >= 11 is 0. The topological polar surface area (TPSA) is 83.5 Å². The molecule has 5 rings (SSSR count). The number of aromatic nitrogens is 1. The van der Waals surface area contributed by atoms with Gasteiger partial charge >= 0.3 is 29.6 Å². The third kappa shape index (κ3) is 10.4. The smallest absolute Gasteiger partial charge is 0.550 e. The number of nitrogens with one attached hydrogen (secondary N) is 1. The van der Waals surface area contributed by atoms with Crippen LogP contribution in [0.15, 0.2) is 48.7 Å². The number of carbonyl (C=O) groups excluding carboxylic acids is 1. The van der Waals surface area contributed by atoms with Gasteiger partial charge in [-0.2, -0.15) is 0 Å². The van der Waals surface area contributed by atoms with E-state index in [0.717, 1.165) is 46.4 Å². The second-order valence-corrected chi connectivity index (χ2v) is 10.7. The Kier molecular flexibility index (Phi) is 15.0. The maximum absolute atomic E-state index is 14.8. The van der Waals surface area contributed by atoms with Crippen molar-refractivity contribution >= 4 is 5.97 Å². The number of aliphatic carboxylic acids is 1. The summed E-state index contributed by atoms with van der Waals surface area (Å²) in [5, 5.41) is 14.6. The fourth-order valence-electron chi connectivity index (χ4n) is 4.49. The van der Waals surface area contributed by atoms with E-state index in [2.05, 4.69) is 30.2 Å². The number of ether oxygens (including phenoxy) is 2. The van der Waals surface area contributed by atoms with E-state index in [1.165, 1.54) is 32.6 Å². The van der Waals surface area contributed by atoms with Gasteiger partial charge in [-0.3, -0.25) is 0 Å². The van der Waals surface area contributed by atoms with Crippen molar-refractivity contribution in [2.45, 2.75) is 91.8 Å². The van der Waals surface area contributed by atoms with Crippen LogP contribution in [-0.4, -0.2) is 24.1 Å². The number of hydrogen-bond acceptors (Lipinski definition) is 6. The summed E-state index contributed by atoms with van der Waals surface area (Å²) in [5.74, 6) is -0.898. The first-order chi connectivity index (χ1) is 19.7. The number of pyridine rings is 1. The molecule has 0 bridgehead atoms. The molecule has 1 saturated carbocycles. The molecule has 0 saturated heterocycles. The SMILES string of the molecule is C1CC1.CC.COc1cc(-c2ccc([C@@H]3CCc4ccc(CC(C)C(=O)[O-])cc4O3)cc2CNC(C)C)c(F)cn1.[Na+]. The number of benzene rings is 2. The Bertz CT molecular complexity index is 1300. The number of carboxylic acids is 1. The predicted molar refractivity (Wildman–Crippen MR) is 159 cm³/mol. The minimum absolute atomic E-state index is 0. The van der Waals surface area contributed by atoms with E-state index in [4.69, 9.17) is 9.47 Å². The van der Waals surface area contributed by atoms with Crippen molar-refractivity contribution in [1.29, 1.82) is 0 Å². The van der Waals surface area contributed by atoms with Crippen molar-refractivity contribution in [3.8, 4) is 22.8 Å². The average Bonchev–Trinajstić information content (AvgIpc) is 3.87. The molecule has 2 heterocycles. The van der Waals surface area contributed by atoms with Crippen molar-refractivity contribution in [3.05, 3.63) is 76.7 Å². The Labute approximate surface area is 272 Å². The fraction of sp³-hybridized carbons (Fsp3) is 0.471. The van der Waals surface area contributed by atoms with E-state index >= 15 is 0 Å². The quantitative estimate of drug-likeness (QED) is 0.386. The number of carbonyl (C=O) groups is 1. The summed E-state index contributed by atoms with van der Waals surface area (Å²) < 4.78 is 26.4. The monoisotopic (exact) mass is 586 g/mol. The first-order valence-electron chi connectivity index (χ1n) is 14.8. The van der Waals surface area contributed by atoms with Crippen molar-refractivity contribution < 1.29 is 53.3 Å². The molecule has 8 heteroatoms. The number of halogens is 1. The maximum Gasteiger partial charge on any atom is 1.00 e. The summed E-state index contributed by atoms with van der Waals surface area (Å²) in [6.07, 6.45) is 7.59. The van der Waals surface area contributed by atoms with Gasteiger partial charge in [0.1, 0.15) is 17.7 Å². The molecule has 42 heavy (non-hydrogen) atoms. The predicted octanol–water partition coefficient (Wildman–Crippen LogP) is 3.59. The molecule has 1 aliphatic carbocycles. The van der Waals surface area contributed by atoms with Crippen LogP contribution in [0.3, 0.4) is 0 Å². The molecule has 2 atom stereocenters. The van der Waals surface area contributed by atoms with Crippen LogP contribution < -0.4 is 49.5 Å². The Hall–Kier alpha value is -2.45. The largest absolute Gasteiger partial charge is 1.00 e.